The summed E-state index contributed by atoms with van der Waals surface area (Å²) in [5.41, 5.74) is 1.96. The van der Waals surface area contributed by atoms with Crippen LogP contribution in [0, 0.1) is 10.8 Å². The molecule has 0 aliphatic carbocycles. The summed E-state index contributed by atoms with van der Waals surface area (Å²) in [5.74, 6) is 0.0310. The summed E-state index contributed by atoms with van der Waals surface area (Å²) in [5, 5.41) is 2.95. The van der Waals surface area contributed by atoms with Crippen LogP contribution in [-0.4, -0.2) is 36.5 Å². The molecule has 1 saturated heterocycles. The number of anilines is 1. The number of hydrogen-bond donors (Lipinski definition) is 1. The molecule has 0 saturated carbocycles. The minimum absolute atomic E-state index is 0.0310. The van der Waals surface area contributed by atoms with Gasteiger partial charge in [0.1, 0.15) is 0 Å². The number of likely N-dealkylation sites (tertiary alicyclic amines) is 1. The quantitative estimate of drug-likeness (QED) is 0.827. The second-order valence-electron chi connectivity index (χ2n) is 9.75. The van der Waals surface area contributed by atoms with E-state index in [1.165, 1.54) is 0 Å². The molecule has 26 heavy (non-hydrogen) atoms. The molecule has 1 N–H and O–H groups in total. The van der Waals surface area contributed by atoms with Crippen LogP contribution in [0.25, 0.3) is 0 Å². The van der Waals surface area contributed by atoms with Crippen molar-refractivity contribution in [1.29, 1.82) is 0 Å². The zero-order valence-electron chi connectivity index (χ0n) is 17.4. The van der Waals surface area contributed by atoms with Crippen molar-refractivity contribution >= 4 is 11.6 Å². The maximum absolute atomic E-state index is 12.0. The molecular weight excluding hydrogens is 324 g/mol. The Labute approximate surface area is 159 Å². The lowest BCUT2D eigenvalue weighted by molar-refractivity contribution is -0.123. The summed E-state index contributed by atoms with van der Waals surface area (Å²) in [6.07, 6.45) is 2.57. The second kappa shape index (κ2) is 8.53. The molecule has 0 aromatic heterocycles. The molecule has 1 aromatic rings. The van der Waals surface area contributed by atoms with Crippen molar-refractivity contribution in [2.24, 2.45) is 10.8 Å². The Kier molecular flexibility index (Phi) is 6.86. The van der Waals surface area contributed by atoms with Crippen LogP contribution in [-0.2, 0) is 16.1 Å². The minimum Gasteiger partial charge on any atom is -0.373 e. The first-order valence-electron chi connectivity index (χ1n) is 9.77. The van der Waals surface area contributed by atoms with Crippen molar-refractivity contribution in [2.75, 3.05) is 25.0 Å². The summed E-state index contributed by atoms with van der Waals surface area (Å²) in [4.78, 5) is 14.6. The number of ether oxygens (including phenoxy) is 1. The van der Waals surface area contributed by atoms with Crippen LogP contribution in [0.2, 0.25) is 0 Å². The largest absolute Gasteiger partial charge is 0.373 e. The monoisotopic (exact) mass is 360 g/mol. The highest BCUT2D eigenvalue weighted by molar-refractivity contribution is 5.94. The average Bonchev–Trinajstić information content (AvgIpc) is 2.53. The molecule has 1 heterocycles. The number of amides is 1. The van der Waals surface area contributed by atoms with E-state index in [1.54, 1.807) is 0 Å². The van der Waals surface area contributed by atoms with Gasteiger partial charge in [0.25, 0.3) is 0 Å². The van der Waals surface area contributed by atoms with Crippen molar-refractivity contribution in [1.82, 2.24) is 4.90 Å². The van der Waals surface area contributed by atoms with Crippen LogP contribution in [0.3, 0.4) is 0 Å². The lowest BCUT2D eigenvalue weighted by Gasteiger charge is -2.35. The fraction of sp³-hybridized carbons (Fsp3) is 0.682. The van der Waals surface area contributed by atoms with Crippen LogP contribution in [0.15, 0.2) is 24.3 Å². The fourth-order valence-electron chi connectivity index (χ4n) is 3.12. The number of carbonyl (C=O) groups is 1. The lowest BCUT2D eigenvalue weighted by atomic mass is 9.94. The molecule has 2 rings (SSSR count). The number of nitrogens with one attached hydrogen (secondary N) is 1. The zero-order chi connectivity index (χ0) is 19.4. The number of hydrogen-bond acceptors (Lipinski definition) is 3. The Morgan fingerprint density at radius 1 is 1.08 bits per heavy atom. The van der Waals surface area contributed by atoms with Gasteiger partial charge in [0.15, 0.2) is 0 Å². The molecule has 0 atom stereocenters. The molecular formula is C22H36N2O2. The molecule has 4 heteroatoms. The van der Waals surface area contributed by atoms with E-state index in [4.69, 9.17) is 4.74 Å². The number of nitrogens with zero attached hydrogens (tertiary/aromatic N) is 1. The van der Waals surface area contributed by atoms with Crippen LogP contribution < -0.4 is 5.32 Å². The third-order valence-corrected chi connectivity index (χ3v) is 4.61. The second-order valence-corrected chi connectivity index (χ2v) is 9.75. The Bertz CT molecular complexity index is 574. The maximum atomic E-state index is 12.0. The Hall–Kier alpha value is -1.39. The van der Waals surface area contributed by atoms with Gasteiger partial charge >= 0.3 is 0 Å². The molecule has 146 valence electrons. The Morgan fingerprint density at radius 3 is 2.15 bits per heavy atom. The summed E-state index contributed by atoms with van der Waals surface area (Å²) in [6.45, 7) is 16.7. The molecule has 1 aliphatic rings. The van der Waals surface area contributed by atoms with E-state index in [1.807, 2.05) is 45.0 Å². The first-order chi connectivity index (χ1) is 12.0. The standard InChI is InChI=1S/C22H36N2O2/c1-21(2,3)16-24-13-11-19(12-14-24)26-15-17-7-9-18(10-8-17)23-20(25)22(4,5)6/h7-10,19H,11-16H2,1-6H3,(H,23,25). The average molecular weight is 361 g/mol. The first kappa shape index (κ1) is 20.9. The van der Waals surface area contributed by atoms with Crippen LogP contribution in [0.1, 0.15) is 59.9 Å². The molecule has 4 nitrogen and oxygen atoms in total. The smallest absolute Gasteiger partial charge is 0.229 e. The van der Waals surface area contributed by atoms with E-state index in [0.29, 0.717) is 18.1 Å². The van der Waals surface area contributed by atoms with E-state index in [2.05, 4.69) is 31.0 Å². The molecule has 1 aromatic carbocycles. The van der Waals surface area contributed by atoms with Crippen molar-refractivity contribution < 1.29 is 9.53 Å². The number of piperidine rings is 1. The Morgan fingerprint density at radius 2 is 1.65 bits per heavy atom. The Balaban J connectivity index is 1.74. The topological polar surface area (TPSA) is 41.6 Å². The normalized spacial score (nSPS) is 17.3. The van der Waals surface area contributed by atoms with Gasteiger partial charge in [-0.05, 0) is 36.0 Å². The number of carbonyl (C=O) groups excluding carboxylic acids is 1. The van der Waals surface area contributed by atoms with Gasteiger partial charge in [-0.15, -0.1) is 0 Å². The van der Waals surface area contributed by atoms with Crippen LogP contribution in [0.5, 0.6) is 0 Å². The SMILES string of the molecule is CC(C)(C)CN1CCC(OCc2ccc(NC(=O)C(C)(C)C)cc2)CC1. The molecule has 1 amide bonds. The molecule has 1 aliphatic heterocycles. The maximum Gasteiger partial charge on any atom is 0.229 e. The highest BCUT2D eigenvalue weighted by Crippen LogP contribution is 2.22. The fourth-order valence-corrected chi connectivity index (χ4v) is 3.12. The highest BCUT2D eigenvalue weighted by atomic mass is 16.5. The van der Waals surface area contributed by atoms with Crippen LogP contribution in [0.4, 0.5) is 5.69 Å². The summed E-state index contributed by atoms with van der Waals surface area (Å²) < 4.78 is 6.11. The van der Waals surface area contributed by atoms with E-state index in [-0.39, 0.29) is 11.3 Å². The summed E-state index contributed by atoms with van der Waals surface area (Å²) in [6, 6.07) is 7.97. The third-order valence-electron chi connectivity index (χ3n) is 4.61. The minimum atomic E-state index is -0.385. The highest BCUT2D eigenvalue weighted by Gasteiger charge is 2.23. The van der Waals surface area contributed by atoms with Gasteiger partial charge in [-0.1, -0.05) is 53.7 Å². The van der Waals surface area contributed by atoms with Crippen molar-refractivity contribution in [2.45, 2.75) is 67.1 Å². The van der Waals surface area contributed by atoms with E-state index >= 15 is 0 Å². The first-order valence-corrected chi connectivity index (χ1v) is 9.77. The molecule has 0 radical (unpaired) electrons. The van der Waals surface area contributed by atoms with Gasteiger partial charge in [-0.2, -0.15) is 0 Å². The zero-order valence-corrected chi connectivity index (χ0v) is 17.4. The van der Waals surface area contributed by atoms with Gasteiger partial charge < -0.3 is 15.0 Å². The van der Waals surface area contributed by atoms with E-state index in [9.17, 15) is 4.79 Å². The third kappa shape index (κ3) is 7.08. The summed E-state index contributed by atoms with van der Waals surface area (Å²) >= 11 is 0. The number of rotatable bonds is 5. The van der Waals surface area contributed by atoms with Gasteiger partial charge in [0.05, 0.1) is 12.7 Å². The van der Waals surface area contributed by atoms with Crippen LogP contribution >= 0.6 is 0 Å². The van der Waals surface area contributed by atoms with Gasteiger partial charge in [0.2, 0.25) is 5.91 Å². The predicted molar refractivity (Wildman–Crippen MR) is 108 cm³/mol. The molecule has 1 fully saturated rings. The molecule has 0 spiro atoms. The molecule has 0 bridgehead atoms. The van der Waals surface area contributed by atoms with E-state index in [0.717, 1.165) is 43.7 Å². The van der Waals surface area contributed by atoms with Crippen molar-refractivity contribution in [3.8, 4) is 0 Å². The van der Waals surface area contributed by atoms with Gasteiger partial charge in [-0.3, -0.25) is 4.79 Å². The summed E-state index contributed by atoms with van der Waals surface area (Å²) in [7, 11) is 0. The number of benzene rings is 1. The van der Waals surface area contributed by atoms with E-state index < -0.39 is 0 Å². The lowest BCUT2D eigenvalue weighted by Crippen LogP contribution is -2.41. The van der Waals surface area contributed by atoms with Gasteiger partial charge in [0, 0.05) is 30.7 Å². The van der Waals surface area contributed by atoms with Gasteiger partial charge in [-0.25, -0.2) is 0 Å². The molecule has 0 unspecified atom stereocenters. The predicted octanol–water partition coefficient (Wildman–Crippen LogP) is 4.70. The van der Waals surface area contributed by atoms with Crippen molar-refractivity contribution in [3.63, 3.8) is 0 Å². The van der Waals surface area contributed by atoms with Crippen molar-refractivity contribution in [3.05, 3.63) is 29.8 Å².